The molecule has 4 nitrogen and oxygen atoms in total. The SMILES string of the molecule is COc1ccc(COCC(C)(C)c2cc(I)nn2C)cc1. The smallest absolute Gasteiger partial charge is 0.123 e. The molecule has 0 saturated carbocycles. The minimum atomic E-state index is -0.0718. The molecule has 0 bridgehead atoms. The van der Waals surface area contributed by atoms with Gasteiger partial charge in [-0.3, -0.25) is 4.68 Å². The van der Waals surface area contributed by atoms with Crippen molar-refractivity contribution in [1.82, 2.24) is 9.78 Å². The number of hydrogen-bond acceptors (Lipinski definition) is 3. The molecule has 1 aromatic heterocycles. The summed E-state index contributed by atoms with van der Waals surface area (Å²) in [4.78, 5) is 0. The second-order valence-electron chi connectivity index (χ2n) is 5.70. The van der Waals surface area contributed by atoms with E-state index in [0.717, 1.165) is 15.0 Å². The van der Waals surface area contributed by atoms with Crippen LogP contribution < -0.4 is 4.74 Å². The van der Waals surface area contributed by atoms with Crippen LogP contribution in [-0.4, -0.2) is 23.5 Å². The van der Waals surface area contributed by atoms with Crippen LogP contribution in [0.5, 0.6) is 5.75 Å². The lowest BCUT2D eigenvalue weighted by Crippen LogP contribution is -2.27. The highest BCUT2D eigenvalue weighted by Gasteiger charge is 2.25. The molecule has 0 N–H and O–H groups in total. The fourth-order valence-electron chi connectivity index (χ4n) is 2.29. The fraction of sp³-hybridized carbons (Fsp3) is 0.438. The van der Waals surface area contributed by atoms with Crippen molar-refractivity contribution in [3.05, 3.63) is 45.3 Å². The van der Waals surface area contributed by atoms with Gasteiger partial charge in [0.2, 0.25) is 0 Å². The Kier molecular flexibility index (Phi) is 5.27. The zero-order chi connectivity index (χ0) is 15.5. The number of nitrogens with zero attached hydrogens (tertiary/aromatic N) is 2. The molecule has 1 aromatic carbocycles. The first kappa shape index (κ1) is 16.3. The van der Waals surface area contributed by atoms with Crippen LogP contribution in [0, 0.1) is 3.70 Å². The molecule has 1 heterocycles. The van der Waals surface area contributed by atoms with Gasteiger partial charge in [-0.15, -0.1) is 0 Å². The second-order valence-corrected chi connectivity index (χ2v) is 6.81. The van der Waals surface area contributed by atoms with Crippen LogP contribution >= 0.6 is 22.6 Å². The van der Waals surface area contributed by atoms with Crippen molar-refractivity contribution < 1.29 is 9.47 Å². The Labute approximate surface area is 139 Å². The molecule has 5 heteroatoms. The highest BCUT2D eigenvalue weighted by Crippen LogP contribution is 2.25. The molecule has 0 spiro atoms. The quantitative estimate of drug-likeness (QED) is 0.697. The number of halogens is 1. The van der Waals surface area contributed by atoms with Crippen LogP contribution in [0.3, 0.4) is 0 Å². The van der Waals surface area contributed by atoms with Crippen molar-refractivity contribution in [3.63, 3.8) is 0 Å². The van der Waals surface area contributed by atoms with Gasteiger partial charge in [-0.05, 0) is 46.4 Å². The van der Waals surface area contributed by atoms with Gasteiger partial charge < -0.3 is 9.47 Å². The van der Waals surface area contributed by atoms with E-state index in [1.807, 2.05) is 36.0 Å². The summed E-state index contributed by atoms with van der Waals surface area (Å²) in [5.74, 6) is 0.864. The molecular weight excluding hydrogens is 379 g/mol. The van der Waals surface area contributed by atoms with E-state index in [1.165, 1.54) is 5.69 Å². The fourth-order valence-corrected chi connectivity index (χ4v) is 2.90. The molecule has 0 unspecified atom stereocenters. The van der Waals surface area contributed by atoms with Crippen LogP contribution in [0.1, 0.15) is 25.1 Å². The molecule has 114 valence electrons. The van der Waals surface area contributed by atoms with E-state index in [1.54, 1.807) is 7.11 Å². The van der Waals surface area contributed by atoms with Crippen LogP contribution in [0.15, 0.2) is 30.3 Å². The normalized spacial score (nSPS) is 11.7. The maximum atomic E-state index is 5.89. The summed E-state index contributed by atoms with van der Waals surface area (Å²) in [5.41, 5.74) is 2.25. The summed E-state index contributed by atoms with van der Waals surface area (Å²) in [6.07, 6.45) is 0. The highest BCUT2D eigenvalue weighted by molar-refractivity contribution is 14.1. The Morgan fingerprint density at radius 3 is 2.43 bits per heavy atom. The van der Waals surface area contributed by atoms with Crippen molar-refractivity contribution in [3.8, 4) is 5.75 Å². The number of benzene rings is 1. The van der Waals surface area contributed by atoms with Gasteiger partial charge in [0.05, 0.1) is 20.3 Å². The zero-order valence-corrected chi connectivity index (χ0v) is 15.0. The molecule has 0 aliphatic rings. The molecule has 0 radical (unpaired) electrons. The Balaban J connectivity index is 1.93. The van der Waals surface area contributed by atoms with Gasteiger partial charge in [0.1, 0.15) is 9.45 Å². The molecule has 0 atom stereocenters. The molecule has 0 saturated heterocycles. The molecular formula is C16H21IN2O2. The van der Waals surface area contributed by atoms with Gasteiger partial charge in [-0.2, -0.15) is 5.10 Å². The van der Waals surface area contributed by atoms with Crippen molar-refractivity contribution in [2.75, 3.05) is 13.7 Å². The number of hydrogen-bond donors (Lipinski definition) is 0. The third-order valence-corrected chi connectivity index (χ3v) is 3.96. The van der Waals surface area contributed by atoms with Crippen molar-refractivity contribution in [1.29, 1.82) is 0 Å². The molecule has 21 heavy (non-hydrogen) atoms. The number of methoxy groups -OCH3 is 1. The summed E-state index contributed by atoms with van der Waals surface area (Å²) >= 11 is 2.24. The van der Waals surface area contributed by atoms with E-state index in [4.69, 9.17) is 9.47 Å². The Bertz CT molecular complexity index is 591. The monoisotopic (exact) mass is 400 g/mol. The van der Waals surface area contributed by atoms with Crippen LogP contribution in [0.25, 0.3) is 0 Å². The van der Waals surface area contributed by atoms with E-state index in [0.29, 0.717) is 13.2 Å². The highest BCUT2D eigenvalue weighted by atomic mass is 127. The van der Waals surface area contributed by atoms with Crippen molar-refractivity contribution in [2.45, 2.75) is 25.9 Å². The predicted octanol–water partition coefficient (Wildman–Crippen LogP) is 3.53. The average Bonchev–Trinajstić information content (AvgIpc) is 2.79. The number of aromatic nitrogens is 2. The van der Waals surface area contributed by atoms with Gasteiger partial charge >= 0.3 is 0 Å². The first-order valence-corrected chi connectivity index (χ1v) is 7.91. The zero-order valence-electron chi connectivity index (χ0n) is 12.9. The summed E-state index contributed by atoms with van der Waals surface area (Å²) in [6, 6.07) is 10.1. The first-order valence-electron chi connectivity index (χ1n) is 6.83. The molecule has 2 rings (SSSR count). The van der Waals surface area contributed by atoms with Crippen molar-refractivity contribution >= 4 is 22.6 Å². The summed E-state index contributed by atoms with van der Waals surface area (Å²) < 4.78 is 14.0. The van der Waals surface area contributed by atoms with Crippen LogP contribution in [0.4, 0.5) is 0 Å². The van der Waals surface area contributed by atoms with Gasteiger partial charge in [-0.25, -0.2) is 0 Å². The van der Waals surface area contributed by atoms with Crippen LogP contribution in [-0.2, 0) is 23.8 Å². The maximum Gasteiger partial charge on any atom is 0.123 e. The third kappa shape index (κ3) is 4.20. The molecule has 0 amide bonds. The summed E-state index contributed by atoms with van der Waals surface area (Å²) in [5, 5.41) is 4.40. The van der Waals surface area contributed by atoms with Crippen LogP contribution in [0.2, 0.25) is 0 Å². The molecule has 2 aromatic rings. The van der Waals surface area contributed by atoms with E-state index in [-0.39, 0.29) is 5.41 Å². The Hall–Kier alpha value is -1.08. The van der Waals surface area contributed by atoms with Crippen molar-refractivity contribution in [2.24, 2.45) is 7.05 Å². The molecule has 0 aliphatic heterocycles. The predicted molar refractivity (Wildman–Crippen MR) is 91.6 cm³/mol. The number of aryl methyl sites for hydroxylation is 1. The second kappa shape index (κ2) is 6.79. The maximum absolute atomic E-state index is 5.89. The summed E-state index contributed by atoms with van der Waals surface area (Å²) in [7, 11) is 3.64. The van der Waals surface area contributed by atoms with E-state index in [2.05, 4.69) is 47.6 Å². The van der Waals surface area contributed by atoms with Gasteiger partial charge in [-0.1, -0.05) is 26.0 Å². The molecule has 0 fully saturated rings. The standard InChI is InChI=1S/C16H21IN2O2/c1-16(2,14-9-15(17)18-19(14)3)11-21-10-12-5-7-13(20-4)8-6-12/h5-9H,10-11H2,1-4H3. The number of rotatable bonds is 6. The lowest BCUT2D eigenvalue weighted by molar-refractivity contribution is 0.0798. The minimum absolute atomic E-state index is 0.0718. The molecule has 0 aliphatic carbocycles. The van der Waals surface area contributed by atoms with E-state index >= 15 is 0 Å². The lowest BCUT2D eigenvalue weighted by Gasteiger charge is -2.24. The minimum Gasteiger partial charge on any atom is -0.497 e. The van der Waals surface area contributed by atoms with E-state index in [9.17, 15) is 0 Å². The van der Waals surface area contributed by atoms with Gasteiger partial charge in [0, 0.05) is 18.2 Å². The topological polar surface area (TPSA) is 36.3 Å². The Morgan fingerprint density at radius 2 is 1.90 bits per heavy atom. The van der Waals surface area contributed by atoms with Gasteiger partial charge in [0.25, 0.3) is 0 Å². The van der Waals surface area contributed by atoms with E-state index < -0.39 is 0 Å². The summed E-state index contributed by atoms with van der Waals surface area (Å²) in [6.45, 7) is 5.60. The Morgan fingerprint density at radius 1 is 1.24 bits per heavy atom. The largest absolute Gasteiger partial charge is 0.497 e. The third-order valence-electron chi connectivity index (χ3n) is 3.43. The van der Waals surface area contributed by atoms with Gasteiger partial charge in [0.15, 0.2) is 0 Å². The average molecular weight is 400 g/mol. The number of ether oxygens (including phenoxy) is 2. The lowest BCUT2D eigenvalue weighted by atomic mass is 9.90. The first-order chi connectivity index (χ1) is 9.92.